The van der Waals surface area contributed by atoms with Gasteiger partial charge in [0, 0.05) is 24.7 Å². The van der Waals surface area contributed by atoms with Crippen molar-refractivity contribution in [1.29, 1.82) is 0 Å². The average Bonchev–Trinajstić information content (AvgIpc) is 2.25. The Morgan fingerprint density at radius 1 is 1.39 bits per heavy atom. The molecule has 0 aliphatic heterocycles. The van der Waals surface area contributed by atoms with Gasteiger partial charge >= 0.3 is 6.18 Å². The van der Waals surface area contributed by atoms with Crippen LogP contribution in [0.1, 0.15) is 5.56 Å². The Morgan fingerprint density at radius 3 is 2.44 bits per heavy atom. The van der Waals surface area contributed by atoms with Crippen molar-refractivity contribution in [3.8, 4) is 0 Å². The van der Waals surface area contributed by atoms with Gasteiger partial charge in [-0.2, -0.15) is 13.2 Å². The molecule has 3 nitrogen and oxygen atoms in total. The van der Waals surface area contributed by atoms with Crippen molar-refractivity contribution >= 4 is 23.4 Å². The van der Waals surface area contributed by atoms with E-state index < -0.39 is 11.7 Å². The predicted octanol–water partition coefficient (Wildman–Crippen LogP) is 2.47. The quantitative estimate of drug-likeness (QED) is 0.682. The summed E-state index contributed by atoms with van der Waals surface area (Å²) in [4.78, 5) is 13.2. The number of anilines is 1. The topological polar surface area (TPSA) is 46.3 Å². The molecule has 0 aliphatic carbocycles. The van der Waals surface area contributed by atoms with E-state index in [1.165, 1.54) is 11.0 Å². The summed E-state index contributed by atoms with van der Waals surface area (Å²) in [7, 11) is 3.22. The lowest BCUT2D eigenvalue weighted by Crippen LogP contribution is -2.23. The average molecular weight is 278 g/mol. The maximum absolute atomic E-state index is 12.4. The highest BCUT2D eigenvalue weighted by Crippen LogP contribution is 2.34. The van der Waals surface area contributed by atoms with E-state index in [0.29, 0.717) is 4.90 Å². The van der Waals surface area contributed by atoms with Gasteiger partial charge in [0.25, 0.3) is 0 Å². The Morgan fingerprint density at radius 2 is 2.00 bits per heavy atom. The number of halogens is 3. The van der Waals surface area contributed by atoms with E-state index in [4.69, 9.17) is 5.73 Å². The standard InChI is InChI=1S/C11H13F3N2OS/c1-16(2)10(17)6-18-9-4-3-7(5-8(9)15)11(12,13)14/h3-5H,6,15H2,1-2H3. The predicted molar refractivity (Wildman–Crippen MR) is 65.3 cm³/mol. The molecule has 2 N–H and O–H groups in total. The van der Waals surface area contributed by atoms with Crippen molar-refractivity contribution in [2.24, 2.45) is 0 Å². The number of hydrogen-bond donors (Lipinski definition) is 1. The first kappa shape index (κ1) is 14.7. The van der Waals surface area contributed by atoms with Crippen LogP contribution in [0.2, 0.25) is 0 Å². The van der Waals surface area contributed by atoms with Gasteiger partial charge in [0.2, 0.25) is 5.91 Å². The number of alkyl halides is 3. The van der Waals surface area contributed by atoms with Crippen LogP contribution in [-0.2, 0) is 11.0 Å². The third-order valence-electron chi connectivity index (χ3n) is 2.19. The van der Waals surface area contributed by atoms with Gasteiger partial charge in [0.15, 0.2) is 0 Å². The molecule has 0 unspecified atom stereocenters. The molecule has 0 spiro atoms. The molecule has 0 aromatic heterocycles. The van der Waals surface area contributed by atoms with E-state index >= 15 is 0 Å². The molecular weight excluding hydrogens is 265 g/mol. The molecule has 0 saturated carbocycles. The van der Waals surface area contributed by atoms with Crippen molar-refractivity contribution in [3.05, 3.63) is 23.8 Å². The van der Waals surface area contributed by atoms with Gasteiger partial charge in [-0.1, -0.05) is 0 Å². The summed E-state index contributed by atoms with van der Waals surface area (Å²) in [6.07, 6.45) is -4.41. The molecule has 1 rings (SSSR count). The second-order valence-electron chi connectivity index (χ2n) is 3.83. The summed E-state index contributed by atoms with van der Waals surface area (Å²) in [5.74, 6) is 0.0158. The van der Waals surface area contributed by atoms with Crippen molar-refractivity contribution in [2.45, 2.75) is 11.1 Å². The van der Waals surface area contributed by atoms with E-state index in [1.807, 2.05) is 0 Å². The van der Waals surface area contributed by atoms with Crippen molar-refractivity contribution in [3.63, 3.8) is 0 Å². The number of benzene rings is 1. The van der Waals surface area contributed by atoms with E-state index in [0.717, 1.165) is 23.9 Å². The van der Waals surface area contributed by atoms with Crippen LogP contribution in [0.4, 0.5) is 18.9 Å². The van der Waals surface area contributed by atoms with Crippen LogP contribution in [-0.4, -0.2) is 30.7 Å². The number of hydrogen-bond acceptors (Lipinski definition) is 3. The van der Waals surface area contributed by atoms with Gasteiger partial charge in [-0.05, 0) is 18.2 Å². The number of carbonyl (C=O) groups is 1. The van der Waals surface area contributed by atoms with Gasteiger partial charge in [0.1, 0.15) is 0 Å². The first-order chi connectivity index (χ1) is 8.21. The van der Waals surface area contributed by atoms with E-state index in [1.54, 1.807) is 14.1 Å². The first-order valence-electron chi connectivity index (χ1n) is 5.01. The highest BCUT2D eigenvalue weighted by molar-refractivity contribution is 8.00. The summed E-state index contributed by atoms with van der Waals surface area (Å²) in [6.45, 7) is 0. The smallest absolute Gasteiger partial charge is 0.398 e. The second-order valence-corrected chi connectivity index (χ2v) is 4.84. The van der Waals surface area contributed by atoms with Crippen molar-refractivity contribution in [2.75, 3.05) is 25.6 Å². The van der Waals surface area contributed by atoms with Gasteiger partial charge in [-0.3, -0.25) is 4.79 Å². The zero-order valence-corrected chi connectivity index (χ0v) is 10.7. The monoisotopic (exact) mass is 278 g/mol. The summed E-state index contributed by atoms with van der Waals surface area (Å²) in [6, 6.07) is 3.12. The Hall–Kier alpha value is -1.37. The molecule has 100 valence electrons. The fourth-order valence-electron chi connectivity index (χ4n) is 1.12. The van der Waals surface area contributed by atoms with Crippen LogP contribution in [0.25, 0.3) is 0 Å². The lowest BCUT2D eigenvalue weighted by atomic mass is 10.2. The molecular formula is C11H13F3N2OS. The third-order valence-corrected chi connectivity index (χ3v) is 3.26. The Labute approximate surface area is 107 Å². The number of carbonyl (C=O) groups excluding carboxylic acids is 1. The number of amides is 1. The summed E-state index contributed by atoms with van der Waals surface area (Å²) >= 11 is 1.12. The van der Waals surface area contributed by atoms with Gasteiger partial charge < -0.3 is 10.6 Å². The minimum Gasteiger partial charge on any atom is -0.398 e. The van der Waals surface area contributed by atoms with Crippen LogP contribution >= 0.6 is 11.8 Å². The van der Waals surface area contributed by atoms with Crippen LogP contribution in [0, 0.1) is 0 Å². The maximum Gasteiger partial charge on any atom is 0.416 e. The maximum atomic E-state index is 12.4. The molecule has 0 fully saturated rings. The van der Waals surface area contributed by atoms with Crippen LogP contribution < -0.4 is 5.73 Å². The fourth-order valence-corrected chi connectivity index (χ4v) is 2.05. The minimum absolute atomic E-state index is 0.0291. The minimum atomic E-state index is -4.41. The SMILES string of the molecule is CN(C)C(=O)CSc1ccc(C(F)(F)F)cc1N. The number of nitrogens with two attached hydrogens (primary N) is 1. The third kappa shape index (κ3) is 3.83. The van der Waals surface area contributed by atoms with E-state index in [9.17, 15) is 18.0 Å². The number of nitrogen functional groups attached to an aromatic ring is 1. The van der Waals surface area contributed by atoms with Crippen molar-refractivity contribution in [1.82, 2.24) is 4.90 Å². The molecule has 7 heteroatoms. The van der Waals surface area contributed by atoms with Gasteiger partial charge in [-0.25, -0.2) is 0 Å². The zero-order chi connectivity index (χ0) is 13.9. The lowest BCUT2D eigenvalue weighted by molar-refractivity contribution is -0.137. The van der Waals surface area contributed by atoms with Gasteiger partial charge in [0.05, 0.1) is 11.3 Å². The molecule has 0 aliphatic rings. The Balaban J connectivity index is 2.78. The molecule has 0 bridgehead atoms. The molecule has 1 aromatic carbocycles. The van der Waals surface area contributed by atoms with Crippen LogP contribution in [0.3, 0.4) is 0 Å². The summed E-state index contributed by atoms with van der Waals surface area (Å²) in [5.41, 5.74) is 4.78. The fraction of sp³-hybridized carbons (Fsp3) is 0.364. The number of nitrogens with zero attached hydrogens (tertiary/aromatic N) is 1. The first-order valence-corrected chi connectivity index (χ1v) is 6.00. The summed E-state index contributed by atoms with van der Waals surface area (Å²) < 4.78 is 37.2. The molecule has 1 aromatic rings. The zero-order valence-electron chi connectivity index (χ0n) is 9.91. The van der Waals surface area contributed by atoms with Crippen LogP contribution in [0.15, 0.2) is 23.1 Å². The van der Waals surface area contributed by atoms with E-state index in [-0.39, 0.29) is 17.3 Å². The molecule has 0 saturated heterocycles. The highest BCUT2D eigenvalue weighted by atomic mass is 32.2. The highest BCUT2D eigenvalue weighted by Gasteiger charge is 2.30. The van der Waals surface area contributed by atoms with E-state index in [2.05, 4.69) is 0 Å². The molecule has 18 heavy (non-hydrogen) atoms. The van der Waals surface area contributed by atoms with Crippen LogP contribution in [0.5, 0.6) is 0 Å². The second kappa shape index (κ2) is 5.51. The summed E-state index contributed by atoms with van der Waals surface area (Å²) in [5, 5.41) is 0. The number of thioether (sulfide) groups is 1. The molecule has 0 atom stereocenters. The Bertz CT molecular complexity index is 446. The van der Waals surface area contributed by atoms with Crippen molar-refractivity contribution < 1.29 is 18.0 Å². The molecule has 0 heterocycles. The number of rotatable bonds is 3. The van der Waals surface area contributed by atoms with Gasteiger partial charge in [-0.15, -0.1) is 11.8 Å². The largest absolute Gasteiger partial charge is 0.416 e. The molecule has 1 amide bonds. The Kier molecular flexibility index (Phi) is 4.50. The molecule has 0 radical (unpaired) electrons. The normalized spacial score (nSPS) is 11.4. The lowest BCUT2D eigenvalue weighted by Gasteiger charge is -2.12.